The van der Waals surface area contributed by atoms with E-state index in [1.54, 1.807) is 31.4 Å². The lowest BCUT2D eigenvalue weighted by Gasteiger charge is -2.36. The first-order chi connectivity index (χ1) is 19.5. The van der Waals surface area contributed by atoms with E-state index in [1.165, 1.54) is 28.4 Å². The standard InChI is InChI=1S/C31H33FN4O3S/c1-39-25-13-11-24(12-14-25)35-19-17-34(18-20-35)16-6-15-33-30(37)22-36-27-9-4-5-10-28(27)40-29(31(36)38)21-23-7-2-3-8-26(23)32/h2-5,7-14,21H,6,15-20,22H2,1H3,(H,33,37)/b29-21-. The number of piperazine rings is 1. The zero-order valence-electron chi connectivity index (χ0n) is 22.5. The van der Waals surface area contributed by atoms with E-state index in [0.717, 1.165) is 49.8 Å². The van der Waals surface area contributed by atoms with Gasteiger partial charge in [-0.15, -0.1) is 0 Å². The Morgan fingerprint density at radius 2 is 1.73 bits per heavy atom. The van der Waals surface area contributed by atoms with Crippen LogP contribution in [0.25, 0.3) is 6.08 Å². The number of fused-ring (bicyclic) bond motifs is 1. The largest absolute Gasteiger partial charge is 0.497 e. The number of carbonyl (C=O) groups excluding carboxylic acids is 2. The number of thioether (sulfide) groups is 1. The third kappa shape index (κ3) is 6.66. The summed E-state index contributed by atoms with van der Waals surface area (Å²) >= 11 is 1.29. The summed E-state index contributed by atoms with van der Waals surface area (Å²) in [6.07, 6.45) is 2.38. The Hall–Kier alpha value is -3.82. The molecular weight excluding hydrogens is 527 g/mol. The second-order valence-corrected chi connectivity index (χ2v) is 10.8. The third-order valence-corrected chi connectivity index (χ3v) is 8.19. The molecule has 3 aromatic rings. The fraction of sp³-hybridized carbons (Fsp3) is 0.290. The van der Waals surface area contributed by atoms with E-state index in [2.05, 4.69) is 27.2 Å². The molecule has 0 unspecified atom stereocenters. The Labute approximate surface area is 238 Å². The summed E-state index contributed by atoms with van der Waals surface area (Å²) in [5.41, 5.74) is 2.23. The molecule has 2 aliphatic heterocycles. The maximum atomic E-state index is 14.3. The van der Waals surface area contributed by atoms with Crippen LogP contribution in [0.4, 0.5) is 15.8 Å². The molecule has 40 heavy (non-hydrogen) atoms. The van der Waals surface area contributed by atoms with Gasteiger partial charge in [0.25, 0.3) is 5.91 Å². The second kappa shape index (κ2) is 13.0. The first kappa shape index (κ1) is 27.7. The molecule has 1 fully saturated rings. The van der Waals surface area contributed by atoms with Crippen molar-refractivity contribution >= 4 is 41.0 Å². The molecule has 0 spiro atoms. The van der Waals surface area contributed by atoms with Gasteiger partial charge in [-0.1, -0.05) is 42.1 Å². The van der Waals surface area contributed by atoms with Gasteiger partial charge in [0.1, 0.15) is 18.1 Å². The number of benzene rings is 3. The zero-order chi connectivity index (χ0) is 27.9. The van der Waals surface area contributed by atoms with Crippen molar-refractivity contribution in [3.8, 4) is 5.75 Å². The van der Waals surface area contributed by atoms with Gasteiger partial charge < -0.3 is 15.0 Å². The number of para-hydroxylation sites is 1. The van der Waals surface area contributed by atoms with Crippen molar-refractivity contribution in [3.63, 3.8) is 0 Å². The van der Waals surface area contributed by atoms with Crippen molar-refractivity contribution in [2.45, 2.75) is 11.3 Å². The fourth-order valence-corrected chi connectivity index (χ4v) is 5.95. The minimum absolute atomic E-state index is 0.0917. The van der Waals surface area contributed by atoms with Gasteiger partial charge in [-0.25, -0.2) is 4.39 Å². The topological polar surface area (TPSA) is 65.1 Å². The third-order valence-electron chi connectivity index (χ3n) is 7.11. The van der Waals surface area contributed by atoms with Crippen LogP contribution in [-0.2, 0) is 9.59 Å². The van der Waals surface area contributed by atoms with E-state index < -0.39 is 5.82 Å². The monoisotopic (exact) mass is 560 g/mol. The Balaban J connectivity index is 1.11. The molecule has 1 N–H and O–H groups in total. The van der Waals surface area contributed by atoms with E-state index in [9.17, 15) is 14.0 Å². The van der Waals surface area contributed by atoms with Crippen LogP contribution in [0.1, 0.15) is 12.0 Å². The first-order valence-corrected chi connectivity index (χ1v) is 14.3. The number of nitrogens with zero attached hydrogens (tertiary/aromatic N) is 3. The highest BCUT2D eigenvalue weighted by molar-refractivity contribution is 8.04. The smallest absolute Gasteiger partial charge is 0.265 e. The van der Waals surface area contributed by atoms with Gasteiger partial charge in [0.15, 0.2) is 0 Å². The molecule has 0 saturated carbocycles. The molecular formula is C31H33FN4O3S. The minimum atomic E-state index is -0.395. The number of ether oxygens (including phenoxy) is 1. The molecule has 5 rings (SSSR count). The molecule has 7 nitrogen and oxygen atoms in total. The van der Waals surface area contributed by atoms with Gasteiger partial charge >= 0.3 is 0 Å². The summed E-state index contributed by atoms with van der Waals surface area (Å²) < 4.78 is 19.5. The Morgan fingerprint density at radius 3 is 2.48 bits per heavy atom. The molecule has 2 amide bonds. The minimum Gasteiger partial charge on any atom is -0.497 e. The highest BCUT2D eigenvalue weighted by atomic mass is 32.2. The summed E-state index contributed by atoms with van der Waals surface area (Å²) in [5, 5.41) is 2.97. The van der Waals surface area contributed by atoms with E-state index in [4.69, 9.17) is 4.74 Å². The highest BCUT2D eigenvalue weighted by Gasteiger charge is 2.30. The van der Waals surface area contributed by atoms with Gasteiger partial charge in [-0.2, -0.15) is 0 Å². The Kier molecular flexibility index (Phi) is 9.03. The number of halogens is 1. The molecule has 9 heteroatoms. The molecule has 0 bridgehead atoms. The van der Waals surface area contributed by atoms with Crippen LogP contribution in [0.5, 0.6) is 5.75 Å². The van der Waals surface area contributed by atoms with Crippen LogP contribution < -0.4 is 19.9 Å². The predicted octanol–water partition coefficient (Wildman–Crippen LogP) is 4.64. The lowest BCUT2D eigenvalue weighted by molar-refractivity contribution is -0.122. The molecule has 0 atom stereocenters. The highest BCUT2D eigenvalue weighted by Crippen LogP contribution is 2.42. The summed E-state index contributed by atoms with van der Waals surface area (Å²) in [4.78, 5) is 33.7. The number of hydrogen-bond acceptors (Lipinski definition) is 6. The second-order valence-electron chi connectivity index (χ2n) is 9.72. The number of nitrogens with one attached hydrogen (secondary N) is 1. The van der Waals surface area contributed by atoms with Gasteiger partial charge in [0.2, 0.25) is 5.91 Å². The van der Waals surface area contributed by atoms with E-state index in [1.807, 2.05) is 36.4 Å². The van der Waals surface area contributed by atoms with Gasteiger partial charge in [-0.05, 0) is 61.5 Å². The van der Waals surface area contributed by atoms with E-state index >= 15 is 0 Å². The summed E-state index contributed by atoms with van der Waals surface area (Å²) in [6, 6.07) is 22.0. The number of rotatable bonds is 9. The quantitative estimate of drug-likeness (QED) is 0.304. The molecule has 0 aliphatic carbocycles. The lowest BCUT2D eigenvalue weighted by Crippen LogP contribution is -2.47. The van der Waals surface area contributed by atoms with Gasteiger partial charge in [0.05, 0.1) is 17.7 Å². The van der Waals surface area contributed by atoms with Gasteiger partial charge in [0, 0.05) is 48.9 Å². The fourth-order valence-electron chi connectivity index (χ4n) is 4.91. The predicted molar refractivity (Wildman–Crippen MR) is 158 cm³/mol. The SMILES string of the molecule is COc1ccc(N2CCN(CCCNC(=O)CN3C(=O)/C(=C/c4ccccc4F)Sc4ccccc43)CC2)cc1. The number of hydrogen-bond donors (Lipinski definition) is 1. The van der Waals surface area contributed by atoms with Gasteiger partial charge in [-0.3, -0.25) is 19.4 Å². The molecule has 0 aromatic heterocycles. The lowest BCUT2D eigenvalue weighted by atomic mass is 10.2. The summed E-state index contributed by atoms with van der Waals surface area (Å²) in [7, 11) is 1.67. The van der Waals surface area contributed by atoms with E-state index in [0.29, 0.717) is 22.7 Å². The molecule has 208 valence electrons. The van der Waals surface area contributed by atoms with Crippen LogP contribution >= 0.6 is 11.8 Å². The maximum Gasteiger partial charge on any atom is 0.265 e. The average molecular weight is 561 g/mol. The average Bonchev–Trinajstić information content (AvgIpc) is 2.99. The Bertz CT molecular complexity index is 1370. The van der Waals surface area contributed by atoms with Crippen LogP contribution in [0.15, 0.2) is 82.6 Å². The zero-order valence-corrected chi connectivity index (χ0v) is 23.3. The first-order valence-electron chi connectivity index (χ1n) is 13.4. The van der Waals surface area contributed by atoms with Crippen molar-refractivity contribution in [2.24, 2.45) is 0 Å². The molecule has 2 heterocycles. The normalized spacial score (nSPS) is 16.6. The number of methoxy groups -OCH3 is 1. The number of carbonyl (C=O) groups is 2. The number of anilines is 2. The summed E-state index contributed by atoms with van der Waals surface area (Å²) in [6.45, 7) is 5.18. The van der Waals surface area contributed by atoms with E-state index in [-0.39, 0.29) is 18.4 Å². The maximum absolute atomic E-state index is 14.3. The summed E-state index contributed by atoms with van der Waals surface area (Å²) in [5.74, 6) is -0.0631. The molecule has 0 radical (unpaired) electrons. The Morgan fingerprint density at radius 1 is 1.00 bits per heavy atom. The number of amides is 2. The van der Waals surface area contributed by atoms with Crippen molar-refractivity contribution in [2.75, 3.05) is 62.7 Å². The molecule has 1 saturated heterocycles. The van der Waals surface area contributed by atoms with Crippen LogP contribution in [-0.4, -0.2) is 69.6 Å². The molecule has 3 aromatic carbocycles. The van der Waals surface area contributed by atoms with Crippen molar-refractivity contribution in [1.82, 2.24) is 10.2 Å². The van der Waals surface area contributed by atoms with Crippen molar-refractivity contribution < 1.29 is 18.7 Å². The van der Waals surface area contributed by atoms with Crippen LogP contribution in [0.3, 0.4) is 0 Å². The van der Waals surface area contributed by atoms with Crippen molar-refractivity contribution in [1.29, 1.82) is 0 Å². The van der Waals surface area contributed by atoms with Crippen LogP contribution in [0.2, 0.25) is 0 Å². The van der Waals surface area contributed by atoms with Crippen molar-refractivity contribution in [3.05, 3.63) is 89.1 Å². The molecule has 2 aliphatic rings. The van der Waals surface area contributed by atoms with Crippen LogP contribution in [0, 0.1) is 5.82 Å².